The Morgan fingerprint density at radius 2 is 1.84 bits per heavy atom. The van der Waals surface area contributed by atoms with Crippen molar-refractivity contribution in [2.24, 2.45) is 5.92 Å². The van der Waals surface area contributed by atoms with Gasteiger partial charge in [-0.25, -0.2) is 4.79 Å². The second kappa shape index (κ2) is 6.68. The first-order valence-corrected chi connectivity index (χ1v) is 6.84. The van der Waals surface area contributed by atoms with Crippen molar-refractivity contribution in [2.45, 2.75) is 19.3 Å². The number of likely N-dealkylation sites (tertiary alicyclic amines) is 1. The van der Waals surface area contributed by atoms with Crippen LogP contribution in [0.2, 0.25) is 0 Å². The Balaban J connectivity index is 1.78. The molecule has 0 unspecified atom stereocenters. The minimum Gasteiger partial charge on any atom is -0.478 e. The van der Waals surface area contributed by atoms with Gasteiger partial charge in [-0.2, -0.15) is 0 Å². The van der Waals surface area contributed by atoms with Crippen molar-refractivity contribution < 1.29 is 15.0 Å². The molecule has 0 amide bonds. The summed E-state index contributed by atoms with van der Waals surface area (Å²) in [5.41, 5.74) is 1.52. The SMILES string of the molecule is O=C(O)c1ccc(CCN2CCC(CO)CC2)cc1. The molecule has 0 aromatic heterocycles. The van der Waals surface area contributed by atoms with Gasteiger partial charge >= 0.3 is 5.97 Å². The highest BCUT2D eigenvalue weighted by atomic mass is 16.4. The summed E-state index contributed by atoms with van der Waals surface area (Å²) >= 11 is 0. The zero-order chi connectivity index (χ0) is 13.7. The van der Waals surface area contributed by atoms with E-state index in [1.807, 2.05) is 12.1 Å². The molecule has 1 fully saturated rings. The Morgan fingerprint density at radius 3 is 2.37 bits per heavy atom. The second-order valence-electron chi connectivity index (χ2n) is 5.22. The van der Waals surface area contributed by atoms with Crippen LogP contribution in [0.5, 0.6) is 0 Å². The fourth-order valence-electron chi connectivity index (χ4n) is 2.49. The molecule has 2 N–H and O–H groups in total. The van der Waals surface area contributed by atoms with E-state index < -0.39 is 5.97 Å². The highest BCUT2D eigenvalue weighted by Gasteiger charge is 2.17. The standard InChI is InChI=1S/C15H21NO3/c17-11-13-6-9-16(10-7-13)8-5-12-1-3-14(4-2-12)15(18)19/h1-4,13,17H,5-11H2,(H,18,19). The first-order valence-electron chi connectivity index (χ1n) is 6.84. The number of carbonyl (C=O) groups is 1. The molecule has 1 saturated heterocycles. The summed E-state index contributed by atoms with van der Waals surface area (Å²) in [7, 11) is 0. The normalized spacial score (nSPS) is 17.5. The van der Waals surface area contributed by atoms with Crippen LogP contribution in [0.4, 0.5) is 0 Å². The molecule has 4 nitrogen and oxygen atoms in total. The topological polar surface area (TPSA) is 60.8 Å². The molecule has 0 saturated carbocycles. The largest absolute Gasteiger partial charge is 0.478 e. The van der Waals surface area contributed by atoms with E-state index in [-0.39, 0.29) is 0 Å². The van der Waals surface area contributed by atoms with Crippen LogP contribution in [-0.4, -0.2) is 47.3 Å². The molecule has 0 bridgehead atoms. The van der Waals surface area contributed by atoms with E-state index in [9.17, 15) is 4.79 Å². The van der Waals surface area contributed by atoms with Gasteiger partial charge in [0.25, 0.3) is 0 Å². The molecule has 1 aromatic carbocycles. The fourth-order valence-corrected chi connectivity index (χ4v) is 2.49. The van der Waals surface area contributed by atoms with Crippen LogP contribution in [-0.2, 0) is 6.42 Å². The quantitative estimate of drug-likeness (QED) is 0.847. The van der Waals surface area contributed by atoms with Crippen LogP contribution in [0, 0.1) is 5.92 Å². The van der Waals surface area contributed by atoms with E-state index in [4.69, 9.17) is 10.2 Å². The van der Waals surface area contributed by atoms with E-state index >= 15 is 0 Å². The van der Waals surface area contributed by atoms with Gasteiger partial charge in [-0.05, 0) is 56.0 Å². The van der Waals surface area contributed by atoms with Gasteiger partial charge in [0, 0.05) is 13.2 Å². The predicted molar refractivity (Wildman–Crippen MR) is 73.4 cm³/mol. The lowest BCUT2D eigenvalue weighted by Crippen LogP contribution is -2.36. The smallest absolute Gasteiger partial charge is 0.335 e. The van der Waals surface area contributed by atoms with Gasteiger partial charge in [-0.1, -0.05) is 12.1 Å². The summed E-state index contributed by atoms with van der Waals surface area (Å²) in [6.07, 6.45) is 3.10. The van der Waals surface area contributed by atoms with E-state index in [2.05, 4.69) is 4.90 Å². The summed E-state index contributed by atoms with van der Waals surface area (Å²) in [6, 6.07) is 7.11. The lowest BCUT2D eigenvalue weighted by Gasteiger charge is -2.30. The van der Waals surface area contributed by atoms with E-state index in [1.165, 1.54) is 5.56 Å². The van der Waals surface area contributed by atoms with Crippen LogP contribution in [0.1, 0.15) is 28.8 Å². The molecule has 104 valence electrons. The number of carboxylic acids is 1. The molecular formula is C15H21NO3. The number of benzene rings is 1. The Morgan fingerprint density at radius 1 is 1.21 bits per heavy atom. The van der Waals surface area contributed by atoms with Crippen LogP contribution >= 0.6 is 0 Å². The number of piperidine rings is 1. The summed E-state index contributed by atoms with van der Waals surface area (Å²) in [6.45, 7) is 3.42. The zero-order valence-corrected chi connectivity index (χ0v) is 11.1. The van der Waals surface area contributed by atoms with Crippen LogP contribution in [0.3, 0.4) is 0 Å². The maximum absolute atomic E-state index is 10.7. The van der Waals surface area contributed by atoms with Gasteiger partial charge in [0.05, 0.1) is 5.56 Å². The second-order valence-corrected chi connectivity index (χ2v) is 5.22. The Hall–Kier alpha value is -1.39. The average Bonchev–Trinajstić information content (AvgIpc) is 2.46. The third kappa shape index (κ3) is 4.04. The minimum absolute atomic E-state index is 0.310. The van der Waals surface area contributed by atoms with Crippen molar-refractivity contribution in [3.05, 3.63) is 35.4 Å². The number of hydrogen-bond donors (Lipinski definition) is 2. The maximum atomic E-state index is 10.7. The van der Waals surface area contributed by atoms with Crippen molar-refractivity contribution in [1.82, 2.24) is 4.90 Å². The van der Waals surface area contributed by atoms with Gasteiger partial charge in [-0.15, -0.1) is 0 Å². The fraction of sp³-hybridized carbons (Fsp3) is 0.533. The predicted octanol–water partition coefficient (Wildman–Crippen LogP) is 1.63. The Bertz CT molecular complexity index is 408. The number of carboxylic acid groups (broad SMARTS) is 1. The number of hydrogen-bond acceptors (Lipinski definition) is 3. The van der Waals surface area contributed by atoms with Crippen molar-refractivity contribution in [1.29, 1.82) is 0 Å². The molecule has 1 heterocycles. The van der Waals surface area contributed by atoms with Gasteiger partial charge in [-0.3, -0.25) is 0 Å². The first kappa shape index (κ1) is 14.0. The van der Waals surface area contributed by atoms with E-state index in [0.29, 0.717) is 18.1 Å². The lowest BCUT2D eigenvalue weighted by atomic mass is 9.97. The number of aliphatic hydroxyl groups is 1. The Labute approximate surface area is 113 Å². The average molecular weight is 263 g/mol. The molecule has 0 spiro atoms. The first-order chi connectivity index (χ1) is 9.19. The monoisotopic (exact) mass is 263 g/mol. The van der Waals surface area contributed by atoms with E-state index in [1.54, 1.807) is 12.1 Å². The van der Waals surface area contributed by atoms with Crippen molar-refractivity contribution in [3.63, 3.8) is 0 Å². The maximum Gasteiger partial charge on any atom is 0.335 e. The zero-order valence-electron chi connectivity index (χ0n) is 11.1. The third-order valence-corrected chi connectivity index (χ3v) is 3.88. The molecule has 1 aliphatic heterocycles. The lowest BCUT2D eigenvalue weighted by molar-refractivity contribution is 0.0697. The van der Waals surface area contributed by atoms with Crippen LogP contribution in [0.25, 0.3) is 0 Å². The van der Waals surface area contributed by atoms with Crippen molar-refractivity contribution in [3.8, 4) is 0 Å². The van der Waals surface area contributed by atoms with Crippen LogP contribution in [0.15, 0.2) is 24.3 Å². The molecule has 1 aromatic rings. The van der Waals surface area contributed by atoms with Gasteiger partial charge in [0.15, 0.2) is 0 Å². The van der Waals surface area contributed by atoms with Crippen molar-refractivity contribution >= 4 is 5.97 Å². The van der Waals surface area contributed by atoms with Gasteiger partial charge in [0.2, 0.25) is 0 Å². The Kier molecular flexibility index (Phi) is 4.93. The molecule has 19 heavy (non-hydrogen) atoms. The molecule has 0 radical (unpaired) electrons. The highest BCUT2D eigenvalue weighted by molar-refractivity contribution is 5.87. The summed E-state index contributed by atoms with van der Waals surface area (Å²) in [5.74, 6) is -0.399. The number of nitrogens with zero attached hydrogens (tertiary/aromatic N) is 1. The number of rotatable bonds is 5. The van der Waals surface area contributed by atoms with Crippen LogP contribution < -0.4 is 0 Å². The third-order valence-electron chi connectivity index (χ3n) is 3.88. The number of aromatic carboxylic acids is 1. The molecule has 4 heteroatoms. The van der Waals surface area contributed by atoms with Gasteiger partial charge in [0.1, 0.15) is 0 Å². The molecule has 2 rings (SSSR count). The van der Waals surface area contributed by atoms with Crippen molar-refractivity contribution in [2.75, 3.05) is 26.2 Å². The minimum atomic E-state index is -0.877. The molecule has 1 aliphatic rings. The molecule has 0 atom stereocenters. The highest BCUT2D eigenvalue weighted by Crippen LogP contribution is 2.16. The molecule has 0 aliphatic carbocycles. The number of aliphatic hydroxyl groups excluding tert-OH is 1. The summed E-state index contributed by atoms with van der Waals surface area (Å²) in [5, 5.41) is 17.9. The summed E-state index contributed by atoms with van der Waals surface area (Å²) < 4.78 is 0. The molecular weight excluding hydrogens is 242 g/mol. The van der Waals surface area contributed by atoms with Gasteiger partial charge < -0.3 is 15.1 Å². The van der Waals surface area contributed by atoms with E-state index in [0.717, 1.165) is 38.9 Å². The summed E-state index contributed by atoms with van der Waals surface area (Å²) in [4.78, 5) is 13.2.